The van der Waals surface area contributed by atoms with Gasteiger partial charge in [0.05, 0.1) is 7.11 Å². The predicted molar refractivity (Wildman–Crippen MR) is 32.8 cm³/mol. The number of carbonyl (C=O) groups is 1. The lowest BCUT2D eigenvalue weighted by atomic mass is 10.5. The molecule has 0 aliphatic heterocycles. The van der Waals surface area contributed by atoms with Crippen LogP contribution in [0.25, 0.3) is 0 Å². The van der Waals surface area contributed by atoms with Gasteiger partial charge < -0.3 is 9.47 Å². The fourth-order valence-corrected chi connectivity index (χ4v) is 0.295. The largest absolute Gasteiger partial charge is 0.466 e. The molecule has 0 aromatic rings. The third-order valence-corrected chi connectivity index (χ3v) is 0.694. The summed E-state index contributed by atoms with van der Waals surface area (Å²) in [5.74, 6) is -0.477. The van der Waals surface area contributed by atoms with Crippen LogP contribution < -0.4 is 0 Å². The summed E-state index contributed by atoms with van der Waals surface area (Å²) in [5.41, 5.74) is 0. The van der Waals surface area contributed by atoms with Gasteiger partial charge in [0.25, 0.3) is 0 Å². The van der Waals surface area contributed by atoms with Crippen molar-refractivity contribution in [3.63, 3.8) is 0 Å². The number of rotatable bonds is 4. The van der Waals surface area contributed by atoms with E-state index < -0.39 is 5.97 Å². The molecule has 0 rings (SSSR count). The van der Waals surface area contributed by atoms with Gasteiger partial charge in [0.15, 0.2) is 0 Å². The molecule has 0 spiro atoms. The van der Waals surface area contributed by atoms with Gasteiger partial charge in [0.1, 0.15) is 6.61 Å². The fourth-order valence-electron chi connectivity index (χ4n) is 0.295. The highest BCUT2D eigenvalue weighted by Gasteiger charge is 1.88. The number of ether oxygens (including phenoxy) is 2. The monoisotopic (exact) mass is 143 g/mol. The molecular formula is C6H7O4. The molecule has 0 bridgehead atoms. The molecule has 0 saturated heterocycles. The van der Waals surface area contributed by atoms with Crippen molar-refractivity contribution >= 4 is 12.4 Å². The van der Waals surface area contributed by atoms with Crippen molar-refractivity contribution in [3.05, 3.63) is 12.2 Å². The van der Waals surface area contributed by atoms with E-state index in [1.165, 1.54) is 19.7 Å². The zero-order valence-corrected chi connectivity index (χ0v) is 5.49. The molecule has 4 nitrogen and oxygen atoms in total. The topological polar surface area (TPSA) is 52.6 Å². The second-order valence-corrected chi connectivity index (χ2v) is 1.32. The van der Waals surface area contributed by atoms with Crippen LogP contribution in [0.3, 0.4) is 0 Å². The van der Waals surface area contributed by atoms with Crippen molar-refractivity contribution in [1.29, 1.82) is 0 Å². The Bertz CT molecular complexity index is 139. The molecule has 0 atom stereocenters. The quantitative estimate of drug-likeness (QED) is 0.310. The molecule has 0 N–H and O–H groups in total. The van der Waals surface area contributed by atoms with E-state index in [2.05, 4.69) is 9.47 Å². The predicted octanol–water partition coefficient (Wildman–Crippen LogP) is -0.201. The first-order chi connectivity index (χ1) is 4.81. The summed E-state index contributed by atoms with van der Waals surface area (Å²) in [6, 6.07) is 0. The van der Waals surface area contributed by atoms with Crippen molar-refractivity contribution in [2.75, 3.05) is 13.7 Å². The summed E-state index contributed by atoms with van der Waals surface area (Å²) < 4.78 is 8.38. The van der Waals surface area contributed by atoms with Gasteiger partial charge >= 0.3 is 12.4 Å². The lowest BCUT2D eigenvalue weighted by molar-refractivity contribution is -0.134. The summed E-state index contributed by atoms with van der Waals surface area (Å²) in [4.78, 5) is 19.7. The second kappa shape index (κ2) is 5.81. The SMILES string of the molecule is COC(=O)/C=C/CO[C]=O. The third kappa shape index (κ3) is 4.83. The van der Waals surface area contributed by atoms with Crippen LogP contribution in [0.4, 0.5) is 0 Å². The summed E-state index contributed by atoms with van der Waals surface area (Å²) in [5, 5.41) is 0. The van der Waals surface area contributed by atoms with E-state index >= 15 is 0 Å². The molecule has 0 heterocycles. The molecule has 0 aromatic heterocycles. The Morgan fingerprint density at radius 3 is 2.90 bits per heavy atom. The normalized spacial score (nSPS) is 9.30. The number of hydrogen-bond acceptors (Lipinski definition) is 4. The minimum Gasteiger partial charge on any atom is -0.466 e. The van der Waals surface area contributed by atoms with Gasteiger partial charge in [-0.25, -0.2) is 9.59 Å². The first-order valence-electron chi connectivity index (χ1n) is 2.54. The second-order valence-electron chi connectivity index (χ2n) is 1.32. The van der Waals surface area contributed by atoms with Gasteiger partial charge in [0, 0.05) is 6.08 Å². The lowest BCUT2D eigenvalue weighted by Gasteiger charge is -1.88. The van der Waals surface area contributed by atoms with Gasteiger partial charge in [-0.2, -0.15) is 0 Å². The van der Waals surface area contributed by atoms with Crippen molar-refractivity contribution in [1.82, 2.24) is 0 Å². The zero-order chi connectivity index (χ0) is 7.82. The summed E-state index contributed by atoms with van der Waals surface area (Å²) >= 11 is 0. The first kappa shape index (κ1) is 8.68. The van der Waals surface area contributed by atoms with Crippen LogP contribution in [0.2, 0.25) is 0 Å². The van der Waals surface area contributed by atoms with Gasteiger partial charge in [-0.1, -0.05) is 0 Å². The van der Waals surface area contributed by atoms with E-state index in [1.807, 2.05) is 0 Å². The van der Waals surface area contributed by atoms with Crippen LogP contribution in [0.5, 0.6) is 0 Å². The summed E-state index contributed by atoms with van der Waals surface area (Å²) in [7, 11) is 1.26. The Morgan fingerprint density at radius 1 is 1.70 bits per heavy atom. The van der Waals surface area contributed by atoms with Gasteiger partial charge in [-0.05, 0) is 6.08 Å². The molecule has 0 fully saturated rings. The third-order valence-electron chi connectivity index (χ3n) is 0.694. The molecule has 10 heavy (non-hydrogen) atoms. The summed E-state index contributed by atoms with van der Waals surface area (Å²) in [6.45, 7) is 1.25. The maximum absolute atomic E-state index is 10.3. The van der Waals surface area contributed by atoms with Crippen LogP contribution >= 0.6 is 0 Å². The number of carbonyl (C=O) groups excluding carboxylic acids is 2. The van der Waals surface area contributed by atoms with Crippen molar-refractivity contribution < 1.29 is 19.1 Å². The fraction of sp³-hybridized carbons (Fsp3) is 0.333. The van der Waals surface area contributed by atoms with E-state index in [0.717, 1.165) is 6.08 Å². The first-order valence-corrected chi connectivity index (χ1v) is 2.54. The van der Waals surface area contributed by atoms with Crippen LogP contribution in [-0.4, -0.2) is 26.2 Å². The molecule has 0 saturated carbocycles. The maximum Gasteiger partial charge on any atom is 0.417 e. The van der Waals surface area contributed by atoms with Crippen LogP contribution in [0.1, 0.15) is 0 Å². The molecule has 0 aliphatic carbocycles. The molecule has 55 valence electrons. The van der Waals surface area contributed by atoms with Gasteiger partial charge in [-0.15, -0.1) is 0 Å². The smallest absolute Gasteiger partial charge is 0.417 e. The maximum atomic E-state index is 10.3. The Morgan fingerprint density at radius 2 is 2.40 bits per heavy atom. The Balaban J connectivity index is 3.35. The number of esters is 1. The highest BCUT2D eigenvalue weighted by Crippen LogP contribution is 1.77. The van der Waals surface area contributed by atoms with Crippen LogP contribution in [0, 0.1) is 0 Å². The van der Waals surface area contributed by atoms with Gasteiger partial charge in [0.2, 0.25) is 0 Å². The average molecular weight is 143 g/mol. The van der Waals surface area contributed by atoms with Crippen LogP contribution in [-0.2, 0) is 19.1 Å². The van der Waals surface area contributed by atoms with E-state index in [0.29, 0.717) is 0 Å². The Labute approximate surface area is 58.4 Å². The minimum atomic E-state index is -0.477. The number of hydrogen-bond donors (Lipinski definition) is 0. The van der Waals surface area contributed by atoms with Crippen molar-refractivity contribution in [2.45, 2.75) is 0 Å². The minimum absolute atomic E-state index is 0.0403. The molecule has 1 radical (unpaired) electrons. The van der Waals surface area contributed by atoms with Gasteiger partial charge in [-0.3, -0.25) is 0 Å². The standard InChI is InChI=1S/C6H7O4/c1-9-6(8)3-2-4-10-5-7/h2-3H,4H2,1H3/b3-2+. The van der Waals surface area contributed by atoms with E-state index in [4.69, 9.17) is 0 Å². The highest BCUT2D eigenvalue weighted by molar-refractivity contribution is 5.81. The molecule has 0 amide bonds. The average Bonchev–Trinajstić information content (AvgIpc) is 1.98. The Kier molecular flexibility index (Phi) is 5.04. The Hall–Kier alpha value is -1.32. The molecule has 0 aliphatic rings. The molecule has 4 heteroatoms. The number of methoxy groups -OCH3 is 1. The lowest BCUT2D eigenvalue weighted by Crippen LogP contribution is -1.95. The van der Waals surface area contributed by atoms with Crippen LogP contribution in [0.15, 0.2) is 12.2 Å². The van der Waals surface area contributed by atoms with E-state index in [1.54, 1.807) is 0 Å². The van der Waals surface area contributed by atoms with Crippen molar-refractivity contribution in [3.8, 4) is 0 Å². The summed E-state index contributed by atoms with van der Waals surface area (Å²) in [6.07, 6.45) is 2.52. The van der Waals surface area contributed by atoms with E-state index in [-0.39, 0.29) is 6.61 Å². The zero-order valence-electron chi connectivity index (χ0n) is 5.49. The van der Waals surface area contributed by atoms with Crippen molar-refractivity contribution in [2.24, 2.45) is 0 Å². The molecular weight excluding hydrogens is 136 g/mol. The molecule has 0 unspecified atom stereocenters. The molecule has 0 aromatic carbocycles. The van der Waals surface area contributed by atoms with E-state index in [9.17, 15) is 9.59 Å². The highest BCUT2D eigenvalue weighted by atomic mass is 16.5.